The first-order chi connectivity index (χ1) is 13.1. The summed E-state index contributed by atoms with van der Waals surface area (Å²) in [6.07, 6.45) is 4.28. The summed E-state index contributed by atoms with van der Waals surface area (Å²) in [6, 6.07) is 16.7. The van der Waals surface area contributed by atoms with Crippen molar-refractivity contribution in [1.82, 2.24) is 0 Å². The van der Waals surface area contributed by atoms with E-state index in [2.05, 4.69) is 56.1 Å². The first-order valence-electron chi connectivity index (χ1n) is 8.70. The van der Waals surface area contributed by atoms with E-state index in [0.29, 0.717) is 25.4 Å². The molecule has 4 heteroatoms. The minimum Gasteiger partial charge on any atom is -0.494 e. The molecule has 0 saturated carbocycles. The van der Waals surface area contributed by atoms with Crippen LogP contribution < -0.4 is 0 Å². The minimum absolute atomic E-state index is 0.352. The van der Waals surface area contributed by atoms with E-state index in [1.165, 1.54) is 16.5 Å². The second-order valence-electron chi connectivity index (χ2n) is 5.79. The Bertz CT molecular complexity index is 743. The third kappa shape index (κ3) is 7.59. The van der Waals surface area contributed by atoms with Crippen LogP contribution in [0, 0.1) is 0 Å². The molecule has 0 amide bonds. The third-order valence-electron chi connectivity index (χ3n) is 3.74. The highest BCUT2D eigenvalue weighted by Crippen LogP contribution is 2.29. The van der Waals surface area contributed by atoms with Gasteiger partial charge >= 0.3 is 5.97 Å². The molecule has 0 unspecified atom stereocenters. The highest BCUT2D eigenvalue weighted by atomic mass is 32.2. The topological polar surface area (TPSA) is 35.5 Å². The molecule has 2 rings (SSSR count). The van der Waals surface area contributed by atoms with Crippen LogP contribution >= 0.6 is 11.8 Å². The molecule has 0 heterocycles. The molecular weight excluding hydrogens is 356 g/mol. The van der Waals surface area contributed by atoms with E-state index in [4.69, 9.17) is 9.47 Å². The number of esters is 1. The molecule has 0 aliphatic rings. The fraction of sp³-hybridized carbons (Fsp3) is 0.174. The van der Waals surface area contributed by atoms with Crippen LogP contribution in [0.4, 0.5) is 0 Å². The lowest BCUT2D eigenvalue weighted by molar-refractivity contribution is -0.137. The number of ether oxygens (including phenoxy) is 2. The van der Waals surface area contributed by atoms with Crippen LogP contribution in [0.3, 0.4) is 0 Å². The maximum absolute atomic E-state index is 11.1. The number of benzene rings is 2. The zero-order valence-electron chi connectivity index (χ0n) is 15.4. The number of carbonyl (C=O) groups is 1. The standard InChI is InChI=1S/C23H24O3S/c1-4-18(3)25-14-12-19-8-6-10-21(16-19)27-22-11-7-9-20(17-22)13-15-26-23(24)5-2/h4-11,16-17H,1-3,12-15H2. The Hall–Kier alpha value is -2.72. The Kier molecular flexibility index (Phi) is 8.46. The van der Waals surface area contributed by atoms with E-state index in [9.17, 15) is 4.79 Å². The Labute approximate surface area is 165 Å². The molecular formula is C23H24O3S. The highest BCUT2D eigenvalue weighted by molar-refractivity contribution is 7.99. The van der Waals surface area contributed by atoms with E-state index < -0.39 is 5.97 Å². The zero-order valence-corrected chi connectivity index (χ0v) is 16.2. The van der Waals surface area contributed by atoms with Crippen molar-refractivity contribution in [2.24, 2.45) is 0 Å². The van der Waals surface area contributed by atoms with Crippen LogP contribution in [0.1, 0.15) is 11.1 Å². The van der Waals surface area contributed by atoms with Gasteiger partial charge in [-0.3, -0.25) is 0 Å². The van der Waals surface area contributed by atoms with Crippen LogP contribution in [0.15, 0.2) is 96.0 Å². The van der Waals surface area contributed by atoms with Gasteiger partial charge in [-0.25, -0.2) is 4.79 Å². The lowest BCUT2D eigenvalue weighted by atomic mass is 10.2. The maximum Gasteiger partial charge on any atom is 0.330 e. The Morgan fingerprint density at radius 2 is 1.44 bits per heavy atom. The molecule has 3 nitrogen and oxygen atoms in total. The summed E-state index contributed by atoms with van der Waals surface area (Å²) in [6.45, 7) is 11.7. The number of hydrogen-bond donors (Lipinski definition) is 0. The van der Waals surface area contributed by atoms with Crippen molar-refractivity contribution in [3.8, 4) is 0 Å². The summed E-state index contributed by atoms with van der Waals surface area (Å²) in [5.74, 6) is 0.203. The monoisotopic (exact) mass is 380 g/mol. The van der Waals surface area contributed by atoms with Gasteiger partial charge in [-0.05, 0) is 41.5 Å². The smallest absolute Gasteiger partial charge is 0.330 e. The van der Waals surface area contributed by atoms with Crippen molar-refractivity contribution in [3.05, 3.63) is 97.3 Å². The Morgan fingerprint density at radius 3 is 1.96 bits per heavy atom. The molecule has 27 heavy (non-hydrogen) atoms. The fourth-order valence-electron chi connectivity index (χ4n) is 2.35. The van der Waals surface area contributed by atoms with Crippen LogP contribution in [0.2, 0.25) is 0 Å². The quantitative estimate of drug-likeness (QED) is 0.227. The van der Waals surface area contributed by atoms with Crippen LogP contribution in [-0.2, 0) is 27.1 Å². The predicted molar refractivity (Wildman–Crippen MR) is 111 cm³/mol. The first-order valence-corrected chi connectivity index (χ1v) is 9.51. The van der Waals surface area contributed by atoms with Crippen LogP contribution in [-0.4, -0.2) is 19.2 Å². The lowest BCUT2D eigenvalue weighted by Gasteiger charge is -2.08. The van der Waals surface area contributed by atoms with Gasteiger partial charge < -0.3 is 9.47 Å². The molecule has 0 bridgehead atoms. The van der Waals surface area contributed by atoms with Gasteiger partial charge in [-0.15, -0.1) is 0 Å². The molecule has 2 aromatic carbocycles. The van der Waals surface area contributed by atoms with Gasteiger partial charge in [0.2, 0.25) is 0 Å². The SMILES string of the molecule is C=CC(=C)OCCc1cccc(Sc2cccc(CCOC(=O)C=C)c2)c1. The van der Waals surface area contributed by atoms with Gasteiger partial charge in [0.15, 0.2) is 0 Å². The van der Waals surface area contributed by atoms with Crippen LogP contribution in [0.5, 0.6) is 0 Å². The van der Waals surface area contributed by atoms with Gasteiger partial charge in [0.1, 0.15) is 5.76 Å². The fourth-order valence-corrected chi connectivity index (χ4v) is 3.34. The second-order valence-corrected chi connectivity index (χ2v) is 6.93. The van der Waals surface area contributed by atoms with Gasteiger partial charge in [-0.1, -0.05) is 55.8 Å². The molecule has 0 spiro atoms. The molecule has 0 aliphatic carbocycles. The maximum atomic E-state index is 11.1. The van der Waals surface area contributed by atoms with Gasteiger partial charge in [0.05, 0.1) is 13.2 Å². The molecule has 0 N–H and O–H groups in total. The summed E-state index contributed by atoms with van der Waals surface area (Å²) in [5.41, 5.74) is 2.34. The van der Waals surface area contributed by atoms with E-state index in [1.54, 1.807) is 17.8 Å². The summed E-state index contributed by atoms with van der Waals surface area (Å²) >= 11 is 1.71. The van der Waals surface area contributed by atoms with Crippen molar-refractivity contribution in [2.75, 3.05) is 13.2 Å². The Balaban J connectivity index is 1.92. The molecule has 0 radical (unpaired) electrons. The number of hydrogen-bond acceptors (Lipinski definition) is 4. The summed E-state index contributed by atoms with van der Waals surface area (Å²) < 4.78 is 10.5. The molecule has 2 aromatic rings. The van der Waals surface area contributed by atoms with Gasteiger partial charge in [0.25, 0.3) is 0 Å². The molecule has 0 saturated heterocycles. The summed E-state index contributed by atoms with van der Waals surface area (Å²) in [7, 11) is 0. The van der Waals surface area contributed by atoms with Crippen molar-refractivity contribution in [1.29, 1.82) is 0 Å². The van der Waals surface area contributed by atoms with Crippen molar-refractivity contribution < 1.29 is 14.3 Å². The third-order valence-corrected chi connectivity index (χ3v) is 4.72. The Morgan fingerprint density at radius 1 is 0.889 bits per heavy atom. The molecule has 0 fully saturated rings. The first kappa shape index (κ1) is 20.6. The average molecular weight is 381 g/mol. The molecule has 140 valence electrons. The van der Waals surface area contributed by atoms with Gasteiger partial charge in [0, 0.05) is 28.7 Å². The number of allylic oxidation sites excluding steroid dienone is 1. The number of carbonyl (C=O) groups excluding carboxylic acids is 1. The van der Waals surface area contributed by atoms with Crippen LogP contribution in [0.25, 0.3) is 0 Å². The van der Waals surface area contributed by atoms with E-state index in [1.807, 2.05) is 12.1 Å². The molecule has 0 aromatic heterocycles. The van der Waals surface area contributed by atoms with Crippen molar-refractivity contribution in [3.63, 3.8) is 0 Å². The average Bonchev–Trinajstić information content (AvgIpc) is 2.68. The van der Waals surface area contributed by atoms with Crippen molar-refractivity contribution >= 4 is 17.7 Å². The summed E-state index contributed by atoms with van der Waals surface area (Å²) in [4.78, 5) is 13.4. The van der Waals surface area contributed by atoms with E-state index in [0.717, 1.165) is 16.9 Å². The normalized spacial score (nSPS) is 10.1. The lowest BCUT2D eigenvalue weighted by Crippen LogP contribution is -2.04. The van der Waals surface area contributed by atoms with Gasteiger partial charge in [-0.2, -0.15) is 0 Å². The zero-order chi connectivity index (χ0) is 19.5. The van der Waals surface area contributed by atoms with E-state index in [-0.39, 0.29) is 0 Å². The summed E-state index contributed by atoms with van der Waals surface area (Å²) in [5, 5.41) is 0. The van der Waals surface area contributed by atoms with E-state index >= 15 is 0 Å². The molecule has 0 aliphatic heterocycles. The largest absolute Gasteiger partial charge is 0.494 e. The highest BCUT2D eigenvalue weighted by Gasteiger charge is 2.03. The second kappa shape index (κ2) is 11.1. The predicted octanol–water partition coefficient (Wildman–Crippen LogP) is 5.37. The van der Waals surface area contributed by atoms with Crippen molar-refractivity contribution in [2.45, 2.75) is 22.6 Å². The minimum atomic E-state index is -0.391. The number of rotatable bonds is 11. The molecule has 0 atom stereocenters.